The molecule has 0 heterocycles. The van der Waals surface area contributed by atoms with E-state index in [4.69, 9.17) is 0 Å². The zero-order valence-corrected chi connectivity index (χ0v) is 8.78. The van der Waals surface area contributed by atoms with Gasteiger partial charge in [-0.25, -0.2) is 8.78 Å². The summed E-state index contributed by atoms with van der Waals surface area (Å²) in [5.74, 6) is 5.17. The minimum absolute atomic E-state index is 0. The van der Waals surface area contributed by atoms with Gasteiger partial charge in [-0.2, -0.15) is 0 Å². The number of hydrogen-bond acceptors (Lipinski definition) is 0. The third-order valence-electron chi connectivity index (χ3n) is 2.04. The van der Waals surface area contributed by atoms with Crippen molar-refractivity contribution >= 4 is 0 Å². The lowest BCUT2D eigenvalue weighted by Gasteiger charge is -1.91. The normalized spacial score (nSPS) is 8.82. The summed E-state index contributed by atoms with van der Waals surface area (Å²) in [6, 6.07) is 11.8. The molecule has 2 aromatic rings. The highest BCUT2D eigenvalue weighted by Crippen LogP contribution is 2.03. The molecule has 3 heteroatoms. The van der Waals surface area contributed by atoms with Crippen molar-refractivity contribution < 1.29 is 13.5 Å². The van der Waals surface area contributed by atoms with Crippen LogP contribution in [0.4, 0.5) is 13.5 Å². The molecule has 0 bridgehead atoms. The Morgan fingerprint density at radius 1 is 0.588 bits per heavy atom. The Morgan fingerprint density at radius 3 is 1.18 bits per heavy atom. The van der Waals surface area contributed by atoms with E-state index in [-0.39, 0.29) is 16.3 Å². The second-order valence-corrected chi connectivity index (χ2v) is 3.26. The van der Waals surface area contributed by atoms with E-state index in [0.717, 1.165) is 11.1 Å². The number of benzene rings is 2. The third kappa shape index (κ3) is 3.69. The highest BCUT2D eigenvalue weighted by Gasteiger charge is 1.90. The largest absolute Gasteiger partial charge is 0.269 e. The molecule has 0 N–H and O–H groups in total. The van der Waals surface area contributed by atoms with Gasteiger partial charge in [0.05, 0.1) is 0 Å². The summed E-state index contributed by atoms with van der Waals surface area (Å²) in [6.45, 7) is 0. The van der Waals surface area contributed by atoms with Crippen molar-refractivity contribution in [2.75, 3.05) is 0 Å². The van der Waals surface area contributed by atoms with Gasteiger partial charge in [0.1, 0.15) is 11.6 Å². The Kier molecular flexibility index (Phi) is 4.36. The molecule has 0 fully saturated rings. The zero-order valence-electron chi connectivity index (χ0n) is 8.78. The first-order chi connectivity index (χ1) is 7.74. The van der Waals surface area contributed by atoms with Crippen molar-refractivity contribution in [1.82, 2.24) is 0 Å². The lowest BCUT2D eigenvalue weighted by Crippen LogP contribution is -1.78. The third-order valence-corrected chi connectivity index (χ3v) is 2.04. The van der Waals surface area contributed by atoms with Crippen LogP contribution in [-0.4, -0.2) is 0 Å². The summed E-state index contributed by atoms with van der Waals surface area (Å²) in [4.78, 5) is 0. The van der Waals surface area contributed by atoms with Crippen molar-refractivity contribution in [2.45, 2.75) is 0 Å². The Morgan fingerprint density at radius 2 is 0.882 bits per heavy atom. The quantitative estimate of drug-likeness (QED) is 0.612. The molecule has 17 heavy (non-hydrogen) atoms. The fourth-order valence-corrected chi connectivity index (χ4v) is 1.21. The summed E-state index contributed by atoms with van der Waals surface area (Å²) in [6.07, 6.45) is 0. The summed E-state index contributed by atoms with van der Waals surface area (Å²) in [5.41, 5.74) is 1.46. The van der Waals surface area contributed by atoms with Gasteiger partial charge in [-0.05, 0) is 48.5 Å². The molecule has 2 rings (SSSR count). The SMILES string of the molecule is F.Fc1ccc(C#Cc2ccc(F)cc2)cc1. The first-order valence-corrected chi connectivity index (χ1v) is 4.77. The molecule has 2 aromatic carbocycles. The standard InChI is InChI=1S/C14H8F2.FH/c15-13-7-3-11(4-8-13)1-2-12-5-9-14(16)10-6-12;/h3-10H;1H. The minimum atomic E-state index is -0.285. The topological polar surface area (TPSA) is 0 Å². The van der Waals surface area contributed by atoms with Crippen LogP contribution in [0.2, 0.25) is 0 Å². The fraction of sp³-hybridized carbons (Fsp3) is 0. The Bertz CT molecular complexity index is 481. The Labute approximate surface area is 97.3 Å². The van der Waals surface area contributed by atoms with Crippen LogP contribution in [0.5, 0.6) is 0 Å². The second-order valence-electron chi connectivity index (χ2n) is 3.26. The van der Waals surface area contributed by atoms with Gasteiger partial charge in [-0.15, -0.1) is 0 Å². The molecule has 0 atom stereocenters. The molecule has 0 unspecified atom stereocenters. The molecule has 0 amide bonds. The molecular formula is C14H9F3. The van der Waals surface area contributed by atoms with Crippen LogP contribution in [0.1, 0.15) is 11.1 Å². The monoisotopic (exact) mass is 234 g/mol. The number of halogens is 3. The summed E-state index contributed by atoms with van der Waals surface area (Å²) in [7, 11) is 0. The van der Waals surface area contributed by atoms with Crippen molar-refractivity contribution in [2.24, 2.45) is 0 Å². The number of hydrogen-bond donors (Lipinski definition) is 0. The molecule has 0 saturated carbocycles. The van der Waals surface area contributed by atoms with Gasteiger partial charge >= 0.3 is 0 Å². The van der Waals surface area contributed by atoms with Gasteiger partial charge < -0.3 is 0 Å². The average molecular weight is 234 g/mol. The van der Waals surface area contributed by atoms with E-state index >= 15 is 0 Å². The van der Waals surface area contributed by atoms with Crippen molar-refractivity contribution in [1.29, 1.82) is 0 Å². The van der Waals surface area contributed by atoms with Gasteiger partial charge in [0.15, 0.2) is 0 Å². The summed E-state index contributed by atoms with van der Waals surface area (Å²) < 4.78 is 25.2. The molecular weight excluding hydrogens is 225 g/mol. The van der Waals surface area contributed by atoms with Crippen molar-refractivity contribution in [3.05, 3.63) is 71.3 Å². The van der Waals surface area contributed by atoms with Gasteiger partial charge in [-0.1, -0.05) is 11.8 Å². The maximum Gasteiger partial charge on any atom is 0.123 e. The van der Waals surface area contributed by atoms with Gasteiger partial charge in [-0.3, -0.25) is 4.70 Å². The Balaban J connectivity index is 0.00000144. The number of rotatable bonds is 0. The van der Waals surface area contributed by atoms with E-state index in [0.29, 0.717) is 0 Å². The van der Waals surface area contributed by atoms with E-state index in [1.54, 1.807) is 24.3 Å². The smallest absolute Gasteiger partial charge is 0.123 e. The first kappa shape index (κ1) is 12.9. The molecule has 0 saturated heterocycles. The maximum absolute atomic E-state index is 12.6. The molecule has 0 aliphatic carbocycles. The van der Waals surface area contributed by atoms with E-state index in [9.17, 15) is 8.78 Å². The van der Waals surface area contributed by atoms with Crippen LogP contribution >= 0.6 is 0 Å². The predicted octanol–water partition coefficient (Wildman–Crippen LogP) is 3.52. The van der Waals surface area contributed by atoms with E-state index in [2.05, 4.69) is 11.8 Å². The van der Waals surface area contributed by atoms with Crippen LogP contribution in [0.25, 0.3) is 0 Å². The zero-order chi connectivity index (χ0) is 11.4. The Hall–Kier alpha value is -2.21. The molecule has 0 radical (unpaired) electrons. The van der Waals surface area contributed by atoms with Crippen molar-refractivity contribution in [3.8, 4) is 11.8 Å². The van der Waals surface area contributed by atoms with Crippen LogP contribution in [0, 0.1) is 23.5 Å². The van der Waals surface area contributed by atoms with Gasteiger partial charge in [0, 0.05) is 11.1 Å². The summed E-state index contributed by atoms with van der Waals surface area (Å²) >= 11 is 0. The average Bonchev–Trinajstić information content (AvgIpc) is 2.30. The predicted molar refractivity (Wildman–Crippen MR) is 61.3 cm³/mol. The van der Waals surface area contributed by atoms with Gasteiger partial charge in [0.25, 0.3) is 0 Å². The minimum Gasteiger partial charge on any atom is -0.269 e. The van der Waals surface area contributed by atoms with Crippen LogP contribution in [0.15, 0.2) is 48.5 Å². The summed E-state index contributed by atoms with van der Waals surface area (Å²) in [5, 5.41) is 0. The van der Waals surface area contributed by atoms with E-state index in [1.165, 1.54) is 24.3 Å². The molecule has 0 aliphatic rings. The lowest BCUT2D eigenvalue weighted by atomic mass is 10.2. The second kappa shape index (κ2) is 5.76. The molecule has 0 spiro atoms. The fourth-order valence-electron chi connectivity index (χ4n) is 1.21. The van der Waals surface area contributed by atoms with E-state index in [1.807, 2.05) is 0 Å². The lowest BCUT2D eigenvalue weighted by molar-refractivity contribution is 0.627. The van der Waals surface area contributed by atoms with Crippen LogP contribution < -0.4 is 0 Å². The van der Waals surface area contributed by atoms with Gasteiger partial charge in [0.2, 0.25) is 0 Å². The molecule has 0 aliphatic heterocycles. The highest BCUT2D eigenvalue weighted by molar-refractivity contribution is 5.42. The first-order valence-electron chi connectivity index (χ1n) is 4.77. The highest BCUT2D eigenvalue weighted by atomic mass is 19.1. The maximum atomic E-state index is 12.6. The molecule has 86 valence electrons. The molecule has 0 aromatic heterocycles. The van der Waals surface area contributed by atoms with Crippen LogP contribution in [0.3, 0.4) is 0 Å². The molecule has 0 nitrogen and oxygen atoms in total. The van der Waals surface area contributed by atoms with E-state index < -0.39 is 0 Å². The van der Waals surface area contributed by atoms with Crippen molar-refractivity contribution in [3.63, 3.8) is 0 Å². The van der Waals surface area contributed by atoms with Crippen LogP contribution in [-0.2, 0) is 0 Å².